The normalized spacial score (nSPS) is 11.9. The summed E-state index contributed by atoms with van der Waals surface area (Å²) in [6, 6.07) is -0.429. The Balaban J connectivity index is 3.76. The molecule has 12 heavy (non-hydrogen) atoms. The Labute approximate surface area is 71.9 Å². The second-order valence-corrected chi connectivity index (χ2v) is 2.92. The molecule has 0 aliphatic carbocycles. The fourth-order valence-corrected chi connectivity index (χ4v) is 0.693. The number of rotatable bonds is 3. The number of amides is 3. The van der Waals surface area contributed by atoms with Crippen LogP contribution in [-0.4, -0.2) is 37.0 Å². The minimum absolute atomic E-state index is 0.166. The summed E-state index contributed by atoms with van der Waals surface area (Å²) < 4.78 is 0. The third-order valence-electron chi connectivity index (χ3n) is 1.28. The van der Waals surface area contributed by atoms with Crippen molar-refractivity contribution in [3.8, 4) is 0 Å². The van der Waals surface area contributed by atoms with Crippen LogP contribution >= 0.6 is 0 Å². The zero-order chi connectivity index (χ0) is 9.72. The number of nitrogens with one attached hydrogen (secondary N) is 1. The molecule has 0 aliphatic heterocycles. The Morgan fingerprint density at radius 2 is 2.00 bits per heavy atom. The molecule has 0 radical (unpaired) electrons. The first-order valence-electron chi connectivity index (χ1n) is 3.69. The predicted octanol–water partition coefficient (Wildman–Crippen LogP) is -0.478. The Kier molecular flexibility index (Phi) is 4.10. The van der Waals surface area contributed by atoms with Crippen molar-refractivity contribution in [1.29, 1.82) is 0 Å². The van der Waals surface area contributed by atoms with Gasteiger partial charge in [0.1, 0.15) is 0 Å². The largest absolute Gasteiger partial charge is 0.370 e. The molecule has 0 bridgehead atoms. The van der Waals surface area contributed by atoms with Gasteiger partial charge < -0.3 is 16.0 Å². The summed E-state index contributed by atoms with van der Waals surface area (Å²) >= 11 is 0. The molecular weight excluding hydrogens is 158 g/mol. The Morgan fingerprint density at radius 1 is 1.50 bits per heavy atom. The minimum Gasteiger partial charge on any atom is -0.370 e. The maximum atomic E-state index is 11.0. The van der Waals surface area contributed by atoms with Gasteiger partial charge in [-0.15, -0.1) is 0 Å². The van der Waals surface area contributed by atoms with E-state index < -0.39 is 5.91 Å². The van der Waals surface area contributed by atoms with E-state index in [1.165, 1.54) is 4.90 Å². The van der Waals surface area contributed by atoms with Crippen molar-refractivity contribution in [2.45, 2.75) is 19.4 Å². The van der Waals surface area contributed by atoms with Crippen LogP contribution < -0.4 is 11.1 Å². The fraction of sp³-hybridized carbons (Fsp3) is 0.714. The van der Waals surface area contributed by atoms with E-state index in [-0.39, 0.29) is 18.5 Å². The smallest absolute Gasteiger partial charge is 0.317 e. The van der Waals surface area contributed by atoms with E-state index in [2.05, 4.69) is 5.32 Å². The van der Waals surface area contributed by atoms with Crippen LogP contribution in [0.15, 0.2) is 0 Å². The van der Waals surface area contributed by atoms with Gasteiger partial charge in [0.05, 0.1) is 0 Å². The lowest BCUT2D eigenvalue weighted by atomic mass is 10.2. The van der Waals surface area contributed by atoms with E-state index in [9.17, 15) is 9.59 Å². The lowest BCUT2D eigenvalue weighted by Crippen LogP contribution is -2.41. The Bertz CT molecular complexity index is 179. The zero-order valence-electron chi connectivity index (χ0n) is 7.63. The van der Waals surface area contributed by atoms with Crippen molar-refractivity contribution in [3.63, 3.8) is 0 Å². The molecular formula is C7H15N3O2. The van der Waals surface area contributed by atoms with E-state index in [0.717, 1.165) is 0 Å². The number of hydrogen-bond acceptors (Lipinski definition) is 2. The lowest BCUT2D eigenvalue weighted by molar-refractivity contribution is -0.118. The molecule has 70 valence electrons. The number of carbonyl (C=O) groups excluding carboxylic acids is 2. The number of urea groups is 1. The summed E-state index contributed by atoms with van der Waals surface area (Å²) in [5.41, 5.74) is 4.94. The first kappa shape index (κ1) is 10.7. The molecule has 0 aromatic rings. The molecule has 5 nitrogen and oxygen atoms in total. The van der Waals surface area contributed by atoms with Crippen LogP contribution in [-0.2, 0) is 4.79 Å². The molecule has 3 N–H and O–H groups in total. The van der Waals surface area contributed by atoms with Crippen molar-refractivity contribution >= 4 is 11.9 Å². The lowest BCUT2D eigenvalue weighted by Gasteiger charge is -2.16. The molecule has 0 fully saturated rings. The van der Waals surface area contributed by atoms with Crippen LogP contribution in [0.2, 0.25) is 0 Å². The molecule has 0 spiro atoms. The number of hydrogen-bond donors (Lipinski definition) is 2. The molecule has 0 aliphatic rings. The van der Waals surface area contributed by atoms with Crippen molar-refractivity contribution in [1.82, 2.24) is 10.2 Å². The van der Waals surface area contributed by atoms with E-state index in [0.29, 0.717) is 0 Å². The van der Waals surface area contributed by atoms with Gasteiger partial charge in [0.15, 0.2) is 0 Å². The molecule has 1 unspecified atom stereocenters. The quantitative estimate of drug-likeness (QED) is 0.605. The van der Waals surface area contributed by atoms with E-state index in [1.807, 2.05) is 0 Å². The predicted molar refractivity (Wildman–Crippen MR) is 45.5 cm³/mol. The summed E-state index contributed by atoms with van der Waals surface area (Å²) in [5.74, 6) is -0.415. The average molecular weight is 173 g/mol. The second kappa shape index (κ2) is 4.58. The van der Waals surface area contributed by atoms with Crippen molar-refractivity contribution < 1.29 is 9.59 Å². The van der Waals surface area contributed by atoms with Crippen LogP contribution in [0.4, 0.5) is 4.79 Å². The number of nitrogens with two attached hydrogens (primary N) is 1. The average Bonchev–Trinajstić information content (AvgIpc) is 1.84. The first-order chi connectivity index (χ1) is 5.43. The van der Waals surface area contributed by atoms with Crippen molar-refractivity contribution in [3.05, 3.63) is 0 Å². The molecule has 0 heterocycles. The molecule has 0 aromatic carbocycles. The zero-order valence-corrected chi connectivity index (χ0v) is 7.63. The SMILES string of the molecule is CC(CC(N)=O)NC(=O)N(C)C. The van der Waals surface area contributed by atoms with Gasteiger partial charge in [-0.2, -0.15) is 0 Å². The van der Waals surface area contributed by atoms with Crippen LogP contribution in [0.5, 0.6) is 0 Å². The third kappa shape index (κ3) is 4.54. The summed E-state index contributed by atoms with van der Waals surface area (Å²) in [7, 11) is 3.26. The molecule has 0 aromatic heterocycles. The molecule has 0 saturated heterocycles. The van der Waals surface area contributed by atoms with Gasteiger partial charge in [-0.3, -0.25) is 4.79 Å². The van der Waals surface area contributed by atoms with E-state index >= 15 is 0 Å². The van der Waals surface area contributed by atoms with E-state index in [1.54, 1.807) is 21.0 Å². The summed E-state index contributed by atoms with van der Waals surface area (Å²) in [5, 5.41) is 2.60. The van der Waals surface area contributed by atoms with Gasteiger partial charge in [0.25, 0.3) is 0 Å². The molecule has 0 saturated carbocycles. The molecule has 1 atom stereocenters. The molecule has 5 heteroatoms. The van der Waals surface area contributed by atoms with Gasteiger partial charge in [-0.25, -0.2) is 4.79 Å². The van der Waals surface area contributed by atoms with Crippen LogP contribution in [0, 0.1) is 0 Å². The van der Waals surface area contributed by atoms with Gasteiger partial charge in [-0.05, 0) is 6.92 Å². The number of nitrogens with zero attached hydrogens (tertiary/aromatic N) is 1. The summed E-state index contributed by atoms with van der Waals surface area (Å²) in [6.07, 6.45) is 0.166. The fourth-order valence-electron chi connectivity index (χ4n) is 0.693. The standard InChI is InChI=1S/C7H15N3O2/c1-5(4-6(8)11)9-7(12)10(2)3/h5H,4H2,1-3H3,(H2,8,11)(H,9,12). The van der Waals surface area contributed by atoms with Crippen LogP contribution in [0.3, 0.4) is 0 Å². The first-order valence-corrected chi connectivity index (χ1v) is 3.69. The van der Waals surface area contributed by atoms with Gasteiger partial charge in [-0.1, -0.05) is 0 Å². The Morgan fingerprint density at radius 3 is 2.33 bits per heavy atom. The van der Waals surface area contributed by atoms with Crippen LogP contribution in [0.25, 0.3) is 0 Å². The van der Waals surface area contributed by atoms with E-state index in [4.69, 9.17) is 5.73 Å². The summed E-state index contributed by atoms with van der Waals surface area (Å²) in [4.78, 5) is 22.8. The third-order valence-corrected chi connectivity index (χ3v) is 1.28. The highest BCUT2D eigenvalue weighted by atomic mass is 16.2. The van der Waals surface area contributed by atoms with Gasteiger partial charge in [0, 0.05) is 26.6 Å². The topological polar surface area (TPSA) is 75.4 Å². The highest BCUT2D eigenvalue weighted by Gasteiger charge is 2.10. The number of carbonyl (C=O) groups is 2. The monoisotopic (exact) mass is 173 g/mol. The summed E-state index contributed by atoms with van der Waals surface area (Å²) in [6.45, 7) is 1.73. The maximum absolute atomic E-state index is 11.0. The van der Waals surface area contributed by atoms with Crippen molar-refractivity contribution in [2.75, 3.05) is 14.1 Å². The maximum Gasteiger partial charge on any atom is 0.317 e. The highest BCUT2D eigenvalue weighted by Crippen LogP contribution is 1.90. The molecule has 3 amide bonds. The van der Waals surface area contributed by atoms with Crippen LogP contribution in [0.1, 0.15) is 13.3 Å². The minimum atomic E-state index is -0.415. The van der Waals surface area contributed by atoms with Gasteiger partial charge >= 0.3 is 6.03 Å². The molecule has 0 rings (SSSR count). The van der Waals surface area contributed by atoms with Gasteiger partial charge in [0.2, 0.25) is 5.91 Å². The second-order valence-electron chi connectivity index (χ2n) is 2.92. The number of primary amides is 1. The Hall–Kier alpha value is -1.26. The highest BCUT2D eigenvalue weighted by molar-refractivity contribution is 5.77. The van der Waals surface area contributed by atoms with Crippen molar-refractivity contribution in [2.24, 2.45) is 5.73 Å².